The van der Waals surface area contributed by atoms with Crippen LogP contribution in [0.1, 0.15) is 31.7 Å². The predicted molar refractivity (Wildman–Crippen MR) is 97.5 cm³/mol. The Morgan fingerprint density at radius 3 is 2.77 bits per heavy atom. The largest absolute Gasteiger partial charge is 0.353 e. The highest BCUT2D eigenvalue weighted by Crippen LogP contribution is 2.25. The molecule has 2 rings (SSSR count). The molecule has 0 spiro atoms. The van der Waals surface area contributed by atoms with Crippen LogP contribution < -0.4 is 5.32 Å². The van der Waals surface area contributed by atoms with Gasteiger partial charge in [-0.3, -0.25) is 4.79 Å². The summed E-state index contributed by atoms with van der Waals surface area (Å²) in [7, 11) is 0. The Bertz CT molecular complexity index is 501. The fourth-order valence-corrected chi connectivity index (χ4v) is 4.10. The molecule has 22 heavy (non-hydrogen) atoms. The van der Waals surface area contributed by atoms with Crippen LogP contribution in [0.15, 0.2) is 27.6 Å². The highest BCUT2D eigenvalue weighted by molar-refractivity contribution is 9.10. The summed E-state index contributed by atoms with van der Waals surface area (Å²) in [4.78, 5) is 15.8. The third kappa shape index (κ3) is 5.60. The van der Waals surface area contributed by atoms with E-state index in [2.05, 4.69) is 52.1 Å². The van der Waals surface area contributed by atoms with Gasteiger partial charge in [0.05, 0.1) is 5.75 Å². The van der Waals surface area contributed by atoms with Crippen molar-refractivity contribution in [3.05, 3.63) is 28.2 Å². The number of hydrogen-bond acceptors (Lipinski definition) is 3. The van der Waals surface area contributed by atoms with E-state index in [0.717, 1.165) is 30.4 Å². The summed E-state index contributed by atoms with van der Waals surface area (Å²) in [5.74, 6) is 0.652. The molecule has 1 N–H and O–H groups in total. The maximum atomic E-state index is 12.1. The number of likely N-dealkylation sites (tertiary alicyclic amines) is 1. The van der Waals surface area contributed by atoms with Crippen molar-refractivity contribution in [1.82, 2.24) is 10.2 Å². The number of hydrogen-bond donors (Lipinski definition) is 1. The minimum atomic E-state index is 0.154. The van der Waals surface area contributed by atoms with Gasteiger partial charge < -0.3 is 10.2 Å². The van der Waals surface area contributed by atoms with E-state index >= 15 is 0 Å². The van der Waals surface area contributed by atoms with Crippen molar-refractivity contribution in [3.63, 3.8) is 0 Å². The zero-order chi connectivity index (χ0) is 15.9. The number of nitrogens with zero attached hydrogens (tertiary/aromatic N) is 1. The summed E-state index contributed by atoms with van der Waals surface area (Å²) >= 11 is 5.08. The van der Waals surface area contributed by atoms with Gasteiger partial charge >= 0.3 is 0 Å². The van der Waals surface area contributed by atoms with Crippen LogP contribution in [0.3, 0.4) is 0 Å². The van der Waals surface area contributed by atoms with E-state index in [1.807, 2.05) is 6.07 Å². The minimum absolute atomic E-state index is 0.154. The summed E-state index contributed by atoms with van der Waals surface area (Å²) in [5.41, 5.74) is 1.21. The molecule has 1 heterocycles. The second kappa shape index (κ2) is 8.94. The number of carbonyl (C=O) groups is 1. The van der Waals surface area contributed by atoms with Crippen molar-refractivity contribution in [3.8, 4) is 0 Å². The Hall–Kier alpha value is -0.520. The zero-order valence-electron chi connectivity index (χ0n) is 13.4. The van der Waals surface area contributed by atoms with Gasteiger partial charge in [-0.25, -0.2) is 0 Å². The number of amides is 1. The normalized spacial score (nSPS) is 16.7. The lowest BCUT2D eigenvalue weighted by Gasteiger charge is -2.32. The highest BCUT2D eigenvalue weighted by atomic mass is 79.9. The molecule has 0 bridgehead atoms. The third-order valence-electron chi connectivity index (χ3n) is 3.99. The van der Waals surface area contributed by atoms with E-state index in [4.69, 9.17) is 0 Å². The Labute approximate surface area is 146 Å². The van der Waals surface area contributed by atoms with Gasteiger partial charge in [0.15, 0.2) is 0 Å². The molecule has 1 aliphatic rings. The molecular formula is C17H25BrN2OS. The van der Waals surface area contributed by atoms with Crippen molar-refractivity contribution < 1.29 is 4.79 Å². The molecule has 1 amide bonds. The lowest BCUT2D eigenvalue weighted by molar-refractivity contribution is -0.119. The SMILES string of the molecule is CCCN1CCC(NC(=O)CSc2ccc(Br)cc2C)CC1. The van der Waals surface area contributed by atoms with Gasteiger partial charge in [0, 0.05) is 28.5 Å². The van der Waals surface area contributed by atoms with E-state index in [-0.39, 0.29) is 5.91 Å². The Morgan fingerprint density at radius 1 is 1.41 bits per heavy atom. The molecule has 1 aromatic carbocycles. The number of thioether (sulfide) groups is 1. The minimum Gasteiger partial charge on any atom is -0.353 e. The van der Waals surface area contributed by atoms with E-state index in [0.29, 0.717) is 11.8 Å². The molecule has 1 aromatic rings. The van der Waals surface area contributed by atoms with Crippen molar-refractivity contribution in [2.45, 2.75) is 44.0 Å². The summed E-state index contributed by atoms with van der Waals surface area (Å²) in [5, 5.41) is 3.19. The van der Waals surface area contributed by atoms with Crippen molar-refractivity contribution in [2.75, 3.05) is 25.4 Å². The molecular weight excluding hydrogens is 360 g/mol. The maximum Gasteiger partial charge on any atom is 0.230 e. The highest BCUT2D eigenvalue weighted by Gasteiger charge is 2.20. The quantitative estimate of drug-likeness (QED) is 0.756. The summed E-state index contributed by atoms with van der Waals surface area (Å²) in [6.07, 6.45) is 3.36. The first-order chi connectivity index (χ1) is 10.6. The van der Waals surface area contributed by atoms with Gasteiger partial charge in [-0.1, -0.05) is 22.9 Å². The van der Waals surface area contributed by atoms with Gasteiger partial charge in [-0.15, -0.1) is 11.8 Å². The molecule has 3 nitrogen and oxygen atoms in total. The predicted octanol–water partition coefficient (Wildman–Crippen LogP) is 3.84. The lowest BCUT2D eigenvalue weighted by Crippen LogP contribution is -2.45. The fraction of sp³-hybridized carbons (Fsp3) is 0.588. The zero-order valence-corrected chi connectivity index (χ0v) is 15.8. The van der Waals surface area contributed by atoms with Gasteiger partial charge in [0.2, 0.25) is 5.91 Å². The van der Waals surface area contributed by atoms with Crippen molar-refractivity contribution in [1.29, 1.82) is 0 Å². The first-order valence-corrected chi connectivity index (χ1v) is 9.77. The van der Waals surface area contributed by atoms with E-state index in [1.165, 1.54) is 23.4 Å². The number of rotatable bonds is 6. The molecule has 0 unspecified atom stereocenters. The number of aryl methyl sites for hydroxylation is 1. The van der Waals surface area contributed by atoms with Crippen LogP contribution >= 0.6 is 27.7 Å². The summed E-state index contributed by atoms with van der Waals surface area (Å²) < 4.78 is 1.08. The number of benzene rings is 1. The third-order valence-corrected chi connectivity index (χ3v) is 5.66. The second-order valence-corrected chi connectivity index (χ2v) is 7.81. The van der Waals surface area contributed by atoms with Gasteiger partial charge in [0.25, 0.3) is 0 Å². The average Bonchev–Trinajstić information content (AvgIpc) is 2.49. The fourth-order valence-electron chi connectivity index (χ4n) is 2.80. The number of halogens is 1. The molecule has 0 aliphatic carbocycles. The molecule has 5 heteroatoms. The number of piperidine rings is 1. The van der Waals surface area contributed by atoms with Crippen LogP contribution in [0.5, 0.6) is 0 Å². The first kappa shape index (κ1) is 17.8. The smallest absolute Gasteiger partial charge is 0.230 e. The average molecular weight is 385 g/mol. The molecule has 1 aliphatic heterocycles. The van der Waals surface area contributed by atoms with E-state index < -0.39 is 0 Å². The maximum absolute atomic E-state index is 12.1. The van der Waals surface area contributed by atoms with Crippen molar-refractivity contribution >= 4 is 33.6 Å². The molecule has 122 valence electrons. The Morgan fingerprint density at radius 2 is 2.14 bits per heavy atom. The van der Waals surface area contributed by atoms with Crippen LogP contribution in [-0.4, -0.2) is 42.2 Å². The van der Waals surface area contributed by atoms with E-state index in [9.17, 15) is 4.79 Å². The topological polar surface area (TPSA) is 32.3 Å². The molecule has 0 aromatic heterocycles. The standard InChI is InChI=1S/C17H25BrN2OS/c1-3-8-20-9-6-15(7-10-20)19-17(21)12-22-16-5-4-14(18)11-13(16)2/h4-5,11,15H,3,6-10,12H2,1-2H3,(H,19,21). The molecule has 1 saturated heterocycles. The lowest BCUT2D eigenvalue weighted by atomic mass is 10.1. The molecule has 0 atom stereocenters. The first-order valence-electron chi connectivity index (χ1n) is 7.99. The Kier molecular flexibility index (Phi) is 7.25. The van der Waals surface area contributed by atoms with Crippen LogP contribution in [-0.2, 0) is 4.79 Å². The van der Waals surface area contributed by atoms with E-state index in [1.54, 1.807) is 11.8 Å². The summed E-state index contributed by atoms with van der Waals surface area (Å²) in [6.45, 7) is 7.69. The van der Waals surface area contributed by atoms with Crippen LogP contribution in [0.2, 0.25) is 0 Å². The van der Waals surface area contributed by atoms with Crippen LogP contribution in [0.25, 0.3) is 0 Å². The molecule has 0 saturated carbocycles. The molecule has 1 fully saturated rings. The Balaban J connectivity index is 1.72. The van der Waals surface area contributed by atoms with Gasteiger partial charge in [0.1, 0.15) is 0 Å². The van der Waals surface area contributed by atoms with Gasteiger partial charge in [-0.05, 0) is 56.5 Å². The number of carbonyl (C=O) groups excluding carboxylic acids is 1. The monoisotopic (exact) mass is 384 g/mol. The van der Waals surface area contributed by atoms with Crippen LogP contribution in [0, 0.1) is 6.92 Å². The second-order valence-electron chi connectivity index (χ2n) is 5.88. The van der Waals surface area contributed by atoms with Gasteiger partial charge in [-0.2, -0.15) is 0 Å². The van der Waals surface area contributed by atoms with Crippen LogP contribution in [0.4, 0.5) is 0 Å². The summed E-state index contributed by atoms with van der Waals surface area (Å²) in [6, 6.07) is 6.54. The van der Waals surface area contributed by atoms with Crippen molar-refractivity contribution in [2.24, 2.45) is 0 Å². The molecule has 0 radical (unpaired) electrons. The number of nitrogens with one attached hydrogen (secondary N) is 1.